The summed E-state index contributed by atoms with van der Waals surface area (Å²) < 4.78 is 2.37. The number of nitrogens with zero attached hydrogens (tertiary/aromatic N) is 1. The van der Waals surface area contributed by atoms with Crippen LogP contribution in [0.15, 0.2) is 9.67 Å². The molecule has 0 heterocycles. The standard InChI is InChI=1S/C13H24NO.3CH3.Sn/c1-7-8-9-12(6)13(15)14(10(2)3)11(4)5;;;;/h6,10-11H,7-9H2,1-5H3;3*1H3;. The van der Waals surface area contributed by atoms with E-state index in [-0.39, 0.29) is 18.0 Å². The van der Waals surface area contributed by atoms with E-state index in [9.17, 15) is 4.79 Å². The Morgan fingerprint density at radius 2 is 1.58 bits per heavy atom. The zero-order chi connectivity index (χ0) is 15.2. The zero-order valence-corrected chi connectivity index (χ0v) is 17.1. The van der Waals surface area contributed by atoms with Crippen LogP contribution in [0, 0.1) is 0 Å². The molecular formula is C16H33NOSn. The Bertz CT molecular complexity index is 305. The molecule has 1 amide bonds. The van der Waals surface area contributed by atoms with E-state index < -0.39 is 18.4 Å². The van der Waals surface area contributed by atoms with Gasteiger partial charge in [-0.25, -0.2) is 0 Å². The minimum atomic E-state index is -2.08. The first kappa shape index (κ1) is 19.0. The predicted octanol–water partition coefficient (Wildman–Crippen LogP) is 4.63. The number of amides is 1. The Balaban J connectivity index is 5.25. The second-order valence-electron chi connectivity index (χ2n) is 7.04. The molecule has 2 nitrogen and oxygen atoms in total. The predicted molar refractivity (Wildman–Crippen MR) is 88.1 cm³/mol. The molecule has 0 aliphatic carbocycles. The number of carbonyl (C=O) groups is 1. The molecule has 0 fully saturated rings. The van der Waals surface area contributed by atoms with Gasteiger partial charge in [0.1, 0.15) is 0 Å². The van der Waals surface area contributed by atoms with Gasteiger partial charge in [0.05, 0.1) is 0 Å². The SMILES string of the molecule is CCCC/C(=[CH]/[Sn]([CH3])([CH3])[CH3])C(=O)N(C(C)C)C(C)C. The van der Waals surface area contributed by atoms with Gasteiger partial charge in [0.15, 0.2) is 0 Å². The molecule has 0 aromatic heterocycles. The molecule has 0 atom stereocenters. The number of unbranched alkanes of at least 4 members (excludes halogenated alkanes) is 1. The van der Waals surface area contributed by atoms with Crippen molar-refractivity contribution in [2.24, 2.45) is 0 Å². The van der Waals surface area contributed by atoms with Crippen molar-refractivity contribution >= 4 is 24.3 Å². The summed E-state index contributed by atoms with van der Waals surface area (Å²) in [6, 6.07) is 0.542. The van der Waals surface area contributed by atoms with Crippen molar-refractivity contribution < 1.29 is 4.79 Å². The van der Waals surface area contributed by atoms with E-state index in [2.05, 4.69) is 53.5 Å². The van der Waals surface area contributed by atoms with Gasteiger partial charge in [-0.15, -0.1) is 0 Å². The second kappa shape index (κ2) is 8.33. The molecule has 0 rings (SSSR count). The van der Waals surface area contributed by atoms with Crippen LogP contribution in [0.25, 0.3) is 0 Å². The van der Waals surface area contributed by atoms with Gasteiger partial charge in [-0.2, -0.15) is 0 Å². The van der Waals surface area contributed by atoms with Gasteiger partial charge in [0.25, 0.3) is 0 Å². The van der Waals surface area contributed by atoms with Crippen LogP contribution in [-0.2, 0) is 4.79 Å². The van der Waals surface area contributed by atoms with Crippen LogP contribution in [0.1, 0.15) is 53.9 Å². The number of carbonyl (C=O) groups excluding carboxylic acids is 1. The Labute approximate surface area is 124 Å². The monoisotopic (exact) mass is 375 g/mol. The zero-order valence-electron chi connectivity index (χ0n) is 14.2. The molecule has 0 radical (unpaired) electrons. The van der Waals surface area contributed by atoms with E-state index in [1.165, 1.54) is 0 Å². The van der Waals surface area contributed by atoms with Crippen LogP contribution in [-0.4, -0.2) is 41.3 Å². The molecule has 0 aliphatic rings. The molecule has 112 valence electrons. The molecule has 0 bridgehead atoms. The van der Waals surface area contributed by atoms with Crippen molar-refractivity contribution in [3.8, 4) is 0 Å². The summed E-state index contributed by atoms with van der Waals surface area (Å²) in [6.07, 6.45) is 3.21. The fourth-order valence-corrected chi connectivity index (χ4v) is 6.11. The van der Waals surface area contributed by atoms with E-state index in [0.29, 0.717) is 0 Å². The molecule has 0 aromatic carbocycles. The van der Waals surface area contributed by atoms with E-state index in [1.54, 1.807) is 0 Å². The number of hydrogen-bond acceptors (Lipinski definition) is 1. The quantitative estimate of drug-likeness (QED) is 0.470. The van der Waals surface area contributed by atoms with Gasteiger partial charge < -0.3 is 0 Å². The van der Waals surface area contributed by atoms with Crippen LogP contribution >= 0.6 is 0 Å². The van der Waals surface area contributed by atoms with Crippen LogP contribution in [0.3, 0.4) is 0 Å². The third-order valence-electron chi connectivity index (χ3n) is 3.03. The average Bonchev–Trinajstić information content (AvgIpc) is 2.21. The average molecular weight is 374 g/mol. The van der Waals surface area contributed by atoms with Crippen molar-refractivity contribution in [2.75, 3.05) is 0 Å². The first-order valence-electron chi connectivity index (χ1n) is 7.64. The van der Waals surface area contributed by atoms with E-state index in [0.717, 1.165) is 24.8 Å². The van der Waals surface area contributed by atoms with Crippen LogP contribution in [0.5, 0.6) is 0 Å². The van der Waals surface area contributed by atoms with E-state index in [1.807, 2.05) is 4.90 Å². The van der Waals surface area contributed by atoms with Crippen LogP contribution in [0.4, 0.5) is 0 Å². The summed E-state index contributed by atoms with van der Waals surface area (Å²) in [5.41, 5.74) is 1.08. The summed E-state index contributed by atoms with van der Waals surface area (Å²) in [6.45, 7) is 10.6. The molecule has 0 saturated heterocycles. The minimum absolute atomic E-state index is 0.269. The Morgan fingerprint density at radius 1 is 1.11 bits per heavy atom. The first-order chi connectivity index (χ1) is 8.60. The Morgan fingerprint density at radius 3 is 1.89 bits per heavy atom. The van der Waals surface area contributed by atoms with Gasteiger partial charge in [-0.05, 0) is 0 Å². The third-order valence-corrected chi connectivity index (χ3v) is 6.50. The third kappa shape index (κ3) is 7.38. The van der Waals surface area contributed by atoms with E-state index in [4.69, 9.17) is 0 Å². The molecular weight excluding hydrogens is 341 g/mol. The summed E-state index contributed by atoms with van der Waals surface area (Å²) in [4.78, 5) is 21.9. The molecule has 0 unspecified atom stereocenters. The first-order valence-corrected chi connectivity index (χ1v) is 17.9. The van der Waals surface area contributed by atoms with Gasteiger partial charge in [-0.1, -0.05) is 0 Å². The van der Waals surface area contributed by atoms with Crippen molar-refractivity contribution in [1.29, 1.82) is 0 Å². The van der Waals surface area contributed by atoms with Crippen molar-refractivity contribution in [1.82, 2.24) is 4.90 Å². The van der Waals surface area contributed by atoms with Gasteiger partial charge >= 0.3 is 124 Å². The molecule has 0 aliphatic heterocycles. The van der Waals surface area contributed by atoms with Gasteiger partial charge in [-0.3, -0.25) is 0 Å². The summed E-state index contributed by atoms with van der Waals surface area (Å²) in [7, 11) is 0. The molecule has 0 aromatic rings. The van der Waals surface area contributed by atoms with E-state index >= 15 is 0 Å². The summed E-state index contributed by atoms with van der Waals surface area (Å²) >= 11 is -2.08. The Kier molecular flexibility index (Phi) is 8.33. The molecule has 19 heavy (non-hydrogen) atoms. The summed E-state index contributed by atoms with van der Waals surface area (Å²) in [5, 5.41) is 0. The maximum atomic E-state index is 12.8. The van der Waals surface area contributed by atoms with Crippen molar-refractivity contribution in [3.05, 3.63) is 9.67 Å². The second-order valence-corrected chi connectivity index (χ2v) is 21.4. The number of rotatable bonds is 7. The maximum absolute atomic E-state index is 12.8. The molecule has 0 N–H and O–H groups in total. The van der Waals surface area contributed by atoms with Crippen LogP contribution in [0.2, 0.25) is 14.8 Å². The fraction of sp³-hybridized carbons (Fsp3) is 0.812. The normalized spacial score (nSPS) is 13.3. The Hall–Kier alpha value is 0.00870. The van der Waals surface area contributed by atoms with Crippen molar-refractivity contribution in [2.45, 2.75) is 80.8 Å². The van der Waals surface area contributed by atoms with Crippen molar-refractivity contribution in [3.63, 3.8) is 0 Å². The van der Waals surface area contributed by atoms with Gasteiger partial charge in [0.2, 0.25) is 0 Å². The van der Waals surface area contributed by atoms with Crippen LogP contribution < -0.4 is 0 Å². The van der Waals surface area contributed by atoms with Gasteiger partial charge in [0, 0.05) is 0 Å². The molecule has 3 heteroatoms. The molecule has 0 spiro atoms. The topological polar surface area (TPSA) is 20.3 Å². The summed E-state index contributed by atoms with van der Waals surface area (Å²) in [5.74, 6) is 0.269. The fourth-order valence-electron chi connectivity index (χ4n) is 2.36. The number of hydrogen-bond donors (Lipinski definition) is 0. The molecule has 0 saturated carbocycles.